The van der Waals surface area contributed by atoms with Gasteiger partial charge in [-0.2, -0.15) is 0 Å². The molecule has 3 heterocycles. The number of hydrogen-bond donors (Lipinski definition) is 3. The van der Waals surface area contributed by atoms with Gasteiger partial charge in [0.05, 0.1) is 6.61 Å². The summed E-state index contributed by atoms with van der Waals surface area (Å²) in [5.74, 6) is -0.244. The highest BCUT2D eigenvalue weighted by molar-refractivity contribution is 5.97. The standard InChI is InChI=1S/C20H25N3O3/c1-13-3-4-16-14(9-13)18(25)15(10-22-16)19(26)23-8-5-17-20(11-23,12-24)6-2-7-21-17/h3-4,9-10,17,21,24H,2,5-8,11-12H2,1H3,(H,22,25)/t17-,20-/m1/s1. The number of amides is 1. The van der Waals surface area contributed by atoms with E-state index < -0.39 is 0 Å². The number of aliphatic hydroxyl groups is 1. The largest absolute Gasteiger partial charge is 0.396 e. The molecular weight excluding hydrogens is 330 g/mol. The normalized spacial score (nSPS) is 25.9. The Hall–Kier alpha value is -2.18. The predicted octanol–water partition coefficient (Wildman–Crippen LogP) is 1.41. The summed E-state index contributed by atoms with van der Waals surface area (Å²) in [5, 5.41) is 14.1. The zero-order valence-corrected chi connectivity index (χ0v) is 15.0. The van der Waals surface area contributed by atoms with Gasteiger partial charge in [-0.3, -0.25) is 9.59 Å². The van der Waals surface area contributed by atoms with Crippen molar-refractivity contribution in [3.8, 4) is 0 Å². The van der Waals surface area contributed by atoms with E-state index in [1.807, 2.05) is 25.1 Å². The van der Waals surface area contributed by atoms with Crippen molar-refractivity contribution in [3.63, 3.8) is 0 Å². The van der Waals surface area contributed by atoms with E-state index in [2.05, 4.69) is 10.3 Å². The van der Waals surface area contributed by atoms with Crippen molar-refractivity contribution in [1.82, 2.24) is 15.2 Å². The fourth-order valence-corrected chi connectivity index (χ4v) is 4.52. The fourth-order valence-electron chi connectivity index (χ4n) is 4.52. The minimum absolute atomic E-state index is 0.0573. The van der Waals surface area contributed by atoms with Crippen LogP contribution >= 0.6 is 0 Å². The molecule has 2 aliphatic heterocycles. The van der Waals surface area contributed by atoms with Crippen molar-refractivity contribution in [2.45, 2.75) is 32.2 Å². The second kappa shape index (κ2) is 6.52. The number of carbonyl (C=O) groups is 1. The number of aryl methyl sites for hydroxylation is 1. The van der Waals surface area contributed by atoms with Crippen molar-refractivity contribution in [3.05, 3.63) is 45.7 Å². The van der Waals surface area contributed by atoms with Gasteiger partial charge in [-0.1, -0.05) is 11.6 Å². The van der Waals surface area contributed by atoms with E-state index in [0.717, 1.165) is 36.9 Å². The van der Waals surface area contributed by atoms with Crippen molar-refractivity contribution in [2.24, 2.45) is 5.41 Å². The number of hydrogen-bond acceptors (Lipinski definition) is 4. The second-order valence-corrected chi connectivity index (χ2v) is 7.73. The Labute approximate surface area is 152 Å². The molecular formula is C20H25N3O3. The number of aromatic nitrogens is 1. The summed E-state index contributed by atoms with van der Waals surface area (Å²) in [6.07, 6.45) is 4.23. The number of rotatable bonds is 2. The monoisotopic (exact) mass is 355 g/mol. The highest BCUT2D eigenvalue weighted by atomic mass is 16.3. The molecule has 6 heteroatoms. The van der Waals surface area contributed by atoms with Gasteiger partial charge in [0.1, 0.15) is 5.56 Å². The lowest BCUT2D eigenvalue weighted by atomic mass is 9.70. The molecule has 0 radical (unpaired) electrons. The zero-order valence-electron chi connectivity index (χ0n) is 15.0. The number of carbonyl (C=O) groups excluding carboxylic acids is 1. The number of nitrogens with zero attached hydrogens (tertiary/aromatic N) is 1. The molecule has 2 atom stereocenters. The highest BCUT2D eigenvalue weighted by Gasteiger charge is 2.45. The van der Waals surface area contributed by atoms with Crippen LogP contribution in [-0.2, 0) is 0 Å². The average molecular weight is 355 g/mol. The number of likely N-dealkylation sites (tertiary alicyclic amines) is 1. The van der Waals surface area contributed by atoms with Gasteiger partial charge in [-0.05, 0) is 44.9 Å². The van der Waals surface area contributed by atoms with Crippen LogP contribution in [0, 0.1) is 12.3 Å². The van der Waals surface area contributed by atoms with Crippen LogP contribution in [0.1, 0.15) is 35.2 Å². The van der Waals surface area contributed by atoms with Crippen LogP contribution in [0.2, 0.25) is 0 Å². The first kappa shape index (κ1) is 17.2. The van der Waals surface area contributed by atoms with E-state index in [1.54, 1.807) is 4.90 Å². The van der Waals surface area contributed by atoms with Crippen LogP contribution in [0.25, 0.3) is 10.9 Å². The Bertz CT molecular complexity index is 907. The van der Waals surface area contributed by atoms with Gasteiger partial charge in [0.25, 0.3) is 5.91 Å². The van der Waals surface area contributed by atoms with Gasteiger partial charge in [0, 0.05) is 41.6 Å². The lowest BCUT2D eigenvalue weighted by Gasteiger charge is -2.50. The molecule has 2 fully saturated rings. The number of benzene rings is 1. The molecule has 4 rings (SSSR count). The van der Waals surface area contributed by atoms with Crippen LogP contribution in [0.15, 0.2) is 29.2 Å². The Kier molecular flexibility index (Phi) is 4.32. The van der Waals surface area contributed by atoms with Crippen LogP contribution in [-0.4, -0.2) is 53.2 Å². The SMILES string of the molecule is Cc1ccc2[nH]cc(C(=O)N3CC[C@H]4NCCC[C@]4(CO)C3)c(=O)c2c1. The minimum atomic E-state index is -0.299. The molecule has 2 aromatic rings. The zero-order chi connectivity index (χ0) is 18.3. The van der Waals surface area contributed by atoms with Gasteiger partial charge < -0.3 is 20.3 Å². The number of nitrogens with one attached hydrogen (secondary N) is 2. The lowest BCUT2D eigenvalue weighted by molar-refractivity contribution is -0.0138. The highest BCUT2D eigenvalue weighted by Crippen LogP contribution is 2.37. The first-order chi connectivity index (χ1) is 12.5. The average Bonchev–Trinajstić information content (AvgIpc) is 2.67. The maximum atomic E-state index is 13.1. The van der Waals surface area contributed by atoms with Crippen LogP contribution in [0.3, 0.4) is 0 Å². The van der Waals surface area contributed by atoms with Crippen LogP contribution < -0.4 is 10.7 Å². The van der Waals surface area contributed by atoms with Crippen molar-refractivity contribution >= 4 is 16.8 Å². The van der Waals surface area contributed by atoms with Crippen molar-refractivity contribution < 1.29 is 9.90 Å². The quantitative estimate of drug-likeness (QED) is 0.760. The Morgan fingerprint density at radius 1 is 1.42 bits per heavy atom. The number of pyridine rings is 1. The molecule has 1 aromatic carbocycles. The maximum Gasteiger partial charge on any atom is 0.259 e. The predicted molar refractivity (Wildman–Crippen MR) is 100 cm³/mol. The van der Waals surface area contributed by atoms with E-state index in [1.165, 1.54) is 6.20 Å². The molecule has 0 unspecified atom stereocenters. The summed E-state index contributed by atoms with van der Waals surface area (Å²) in [5.41, 5.74) is 1.37. The Morgan fingerprint density at radius 2 is 2.27 bits per heavy atom. The molecule has 26 heavy (non-hydrogen) atoms. The minimum Gasteiger partial charge on any atom is -0.396 e. The smallest absolute Gasteiger partial charge is 0.259 e. The molecule has 0 bridgehead atoms. The first-order valence-electron chi connectivity index (χ1n) is 9.30. The van der Waals surface area contributed by atoms with E-state index in [0.29, 0.717) is 18.5 Å². The number of aliphatic hydroxyl groups excluding tert-OH is 1. The van der Waals surface area contributed by atoms with Crippen LogP contribution in [0.4, 0.5) is 0 Å². The topological polar surface area (TPSA) is 85.4 Å². The fraction of sp³-hybridized carbons (Fsp3) is 0.500. The van der Waals surface area contributed by atoms with Crippen LogP contribution in [0.5, 0.6) is 0 Å². The molecule has 0 saturated carbocycles. The summed E-state index contributed by atoms with van der Waals surface area (Å²) in [6.45, 7) is 4.04. The molecule has 2 saturated heterocycles. The molecule has 1 amide bonds. The molecule has 0 aliphatic carbocycles. The molecule has 138 valence electrons. The lowest BCUT2D eigenvalue weighted by Crippen LogP contribution is -2.62. The first-order valence-corrected chi connectivity index (χ1v) is 9.30. The number of aromatic amines is 1. The summed E-state index contributed by atoms with van der Waals surface area (Å²) in [4.78, 5) is 30.8. The number of piperidine rings is 2. The molecule has 1 aromatic heterocycles. The van der Waals surface area contributed by atoms with Crippen molar-refractivity contribution in [2.75, 3.05) is 26.2 Å². The molecule has 6 nitrogen and oxygen atoms in total. The number of fused-ring (bicyclic) bond motifs is 2. The van der Waals surface area contributed by atoms with E-state index in [-0.39, 0.29) is 35.0 Å². The molecule has 2 aliphatic rings. The Balaban J connectivity index is 1.67. The van der Waals surface area contributed by atoms with Gasteiger partial charge in [0.2, 0.25) is 5.43 Å². The summed E-state index contributed by atoms with van der Waals surface area (Å²) < 4.78 is 0. The van der Waals surface area contributed by atoms with Gasteiger partial charge in [0.15, 0.2) is 0 Å². The third kappa shape index (κ3) is 2.73. The van der Waals surface area contributed by atoms with Crippen molar-refractivity contribution in [1.29, 1.82) is 0 Å². The van der Waals surface area contributed by atoms with E-state index in [9.17, 15) is 14.7 Å². The number of H-pyrrole nitrogens is 1. The van der Waals surface area contributed by atoms with Gasteiger partial charge >= 0.3 is 0 Å². The third-order valence-corrected chi connectivity index (χ3v) is 6.04. The maximum absolute atomic E-state index is 13.1. The third-order valence-electron chi connectivity index (χ3n) is 6.04. The summed E-state index contributed by atoms with van der Waals surface area (Å²) >= 11 is 0. The molecule has 3 N–H and O–H groups in total. The second-order valence-electron chi connectivity index (χ2n) is 7.73. The van der Waals surface area contributed by atoms with Gasteiger partial charge in [-0.25, -0.2) is 0 Å². The van der Waals surface area contributed by atoms with Gasteiger partial charge in [-0.15, -0.1) is 0 Å². The summed E-state index contributed by atoms with van der Waals surface area (Å²) in [7, 11) is 0. The summed E-state index contributed by atoms with van der Waals surface area (Å²) in [6, 6.07) is 5.85. The Morgan fingerprint density at radius 3 is 3.08 bits per heavy atom. The van der Waals surface area contributed by atoms with E-state index in [4.69, 9.17) is 0 Å². The molecule has 0 spiro atoms. The van der Waals surface area contributed by atoms with E-state index >= 15 is 0 Å².